The molecule has 0 bridgehead atoms. The third kappa shape index (κ3) is 4.09. The number of benzene rings is 2. The Hall–Kier alpha value is -3.52. The number of halogens is 1. The molecular weight excluding hydrogens is 439 g/mol. The Bertz CT molecular complexity index is 1280. The van der Waals surface area contributed by atoms with Gasteiger partial charge >= 0.3 is 5.97 Å². The van der Waals surface area contributed by atoms with E-state index in [1.165, 1.54) is 19.2 Å². The average Bonchev–Trinajstić information content (AvgIpc) is 3.78. The standard InChI is InChI=1S/C26H25FN2O5/c1-33-25(31)26(13-19(26)24(30)29-32)12-15-6-9-23(20(27)10-15)34-14-17-11-22(16-7-8-16)28-21-5-3-2-4-18(17)21/h2-6,9-11,16,19,32H,7-8,12-14H2,1H3,(H,29,30)/t19-,26+/m1/s1. The lowest BCUT2D eigenvalue weighted by Gasteiger charge is -2.16. The molecule has 1 heterocycles. The van der Waals surface area contributed by atoms with E-state index in [0.29, 0.717) is 11.5 Å². The van der Waals surface area contributed by atoms with Gasteiger partial charge in [0.25, 0.3) is 0 Å². The molecule has 7 nitrogen and oxygen atoms in total. The lowest BCUT2D eigenvalue weighted by atomic mass is 9.93. The number of hydrogen-bond donors (Lipinski definition) is 2. The van der Waals surface area contributed by atoms with Crippen LogP contribution in [0.4, 0.5) is 4.39 Å². The van der Waals surface area contributed by atoms with Crippen LogP contribution in [-0.4, -0.2) is 29.2 Å². The molecule has 2 aliphatic rings. The number of rotatable bonds is 8. The zero-order chi connectivity index (χ0) is 23.9. The predicted molar refractivity (Wildman–Crippen MR) is 121 cm³/mol. The number of nitrogens with one attached hydrogen (secondary N) is 1. The highest BCUT2D eigenvalue weighted by Crippen LogP contribution is 2.56. The van der Waals surface area contributed by atoms with Crippen molar-refractivity contribution in [1.29, 1.82) is 0 Å². The molecule has 2 atom stereocenters. The van der Waals surface area contributed by atoms with Gasteiger partial charge in [0.2, 0.25) is 5.91 Å². The number of methoxy groups -OCH3 is 1. The van der Waals surface area contributed by atoms with Crippen molar-refractivity contribution in [3.8, 4) is 5.75 Å². The molecule has 2 aliphatic carbocycles. The number of hydroxylamine groups is 1. The molecule has 0 saturated heterocycles. The van der Waals surface area contributed by atoms with Gasteiger partial charge in [0.05, 0.1) is 24.0 Å². The first kappa shape index (κ1) is 22.3. The van der Waals surface area contributed by atoms with Gasteiger partial charge in [0, 0.05) is 22.6 Å². The minimum absolute atomic E-state index is 0.102. The average molecular weight is 464 g/mol. The molecule has 176 valence electrons. The normalized spacial score (nSPS) is 21.2. The highest BCUT2D eigenvalue weighted by molar-refractivity contribution is 5.93. The van der Waals surface area contributed by atoms with Crippen molar-refractivity contribution in [2.45, 2.75) is 38.2 Å². The van der Waals surface area contributed by atoms with Crippen molar-refractivity contribution in [3.63, 3.8) is 0 Å². The van der Waals surface area contributed by atoms with Crippen LogP contribution in [0, 0.1) is 17.2 Å². The second-order valence-corrected chi connectivity index (χ2v) is 9.11. The quantitative estimate of drug-likeness (QED) is 0.296. The summed E-state index contributed by atoms with van der Waals surface area (Å²) >= 11 is 0. The number of para-hydroxylation sites is 1. The van der Waals surface area contributed by atoms with Crippen LogP contribution in [0.15, 0.2) is 48.5 Å². The second-order valence-electron chi connectivity index (χ2n) is 9.11. The molecule has 0 spiro atoms. The van der Waals surface area contributed by atoms with Gasteiger partial charge < -0.3 is 9.47 Å². The Morgan fingerprint density at radius 3 is 2.71 bits per heavy atom. The van der Waals surface area contributed by atoms with Crippen LogP contribution in [0.25, 0.3) is 10.9 Å². The maximum Gasteiger partial charge on any atom is 0.312 e. The number of pyridine rings is 1. The van der Waals surface area contributed by atoms with Crippen molar-refractivity contribution in [1.82, 2.24) is 10.5 Å². The Kier molecular flexibility index (Phi) is 5.69. The number of fused-ring (bicyclic) bond motifs is 1. The SMILES string of the molecule is COC(=O)[C@@]1(Cc2ccc(OCc3cc(C4CC4)nc4ccccc34)c(F)c2)C[C@@H]1C(=O)NO. The highest BCUT2D eigenvalue weighted by atomic mass is 19.1. The maximum atomic E-state index is 14.9. The first-order chi connectivity index (χ1) is 16.4. The Labute approximate surface area is 195 Å². The predicted octanol–water partition coefficient (Wildman–Crippen LogP) is 4.06. The van der Waals surface area contributed by atoms with Crippen LogP contribution in [0.2, 0.25) is 0 Å². The number of amides is 1. The van der Waals surface area contributed by atoms with Crippen LogP contribution >= 0.6 is 0 Å². The van der Waals surface area contributed by atoms with E-state index in [1.54, 1.807) is 11.5 Å². The molecule has 3 aromatic rings. The Balaban J connectivity index is 1.33. The van der Waals surface area contributed by atoms with Crippen molar-refractivity contribution in [3.05, 3.63) is 71.2 Å². The van der Waals surface area contributed by atoms with E-state index in [0.717, 1.165) is 35.0 Å². The summed E-state index contributed by atoms with van der Waals surface area (Å²) in [6, 6.07) is 14.4. The van der Waals surface area contributed by atoms with E-state index in [1.807, 2.05) is 30.3 Å². The topological polar surface area (TPSA) is 97.8 Å². The zero-order valence-corrected chi connectivity index (χ0v) is 18.7. The molecule has 0 radical (unpaired) electrons. The van der Waals surface area contributed by atoms with Crippen molar-refractivity contribution in [2.75, 3.05) is 7.11 Å². The number of carbonyl (C=O) groups excluding carboxylic acids is 2. The molecule has 5 rings (SSSR count). The maximum absolute atomic E-state index is 14.9. The minimum Gasteiger partial charge on any atom is -0.486 e. The first-order valence-electron chi connectivity index (χ1n) is 11.3. The van der Waals surface area contributed by atoms with E-state index in [4.69, 9.17) is 19.7 Å². The van der Waals surface area contributed by atoms with Crippen LogP contribution < -0.4 is 10.2 Å². The molecule has 1 aromatic heterocycles. The molecule has 2 aromatic carbocycles. The largest absolute Gasteiger partial charge is 0.486 e. The number of esters is 1. The molecular formula is C26H25FN2O5. The van der Waals surface area contributed by atoms with Crippen molar-refractivity contribution >= 4 is 22.8 Å². The zero-order valence-electron chi connectivity index (χ0n) is 18.7. The molecule has 2 saturated carbocycles. The first-order valence-corrected chi connectivity index (χ1v) is 11.3. The van der Waals surface area contributed by atoms with E-state index in [-0.39, 0.29) is 25.2 Å². The smallest absolute Gasteiger partial charge is 0.312 e. The van der Waals surface area contributed by atoms with Gasteiger partial charge in [-0.1, -0.05) is 24.3 Å². The summed E-state index contributed by atoms with van der Waals surface area (Å²) in [6.07, 6.45) is 2.62. The molecule has 1 amide bonds. The molecule has 34 heavy (non-hydrogen) atoms. The Morgan fingerprint density at radius 1 is 1.21 bits per heavy atom. The fourth-order valence-corrected chi connectivity index (χ4v) is 4.69. The van der Waals surface area contributed by atoms with Gasteiger partial charge in [0.15, 0.2) is 11.6 Å². The van der Waals surface area contributed by atoms with Gasteiger partial charge in [-0.15, -0.1) is 0 Å². The lowest BCUT2D eigenvalue weighted by Crippen LogP contribution is -2.30. The summed E-state index contributed by atoms with van der Waals surface area (Å²) in [6.45, 7) is 0.198. The lowest BCUT2D eigenvalue weighted by molar-refractivity contribution is -0.149. The summed E-state index contributed by atoms with van der Waals surface area (Å²) in [5.41, 5.74) is 3.92. The third-order valence-corrected chi connectivity index (χ3v) is 6.81. The number of aromatic nitrogens is 1. The van der Waals surface area contributed by atoms with E-state index in [2.05, 4.69) is 0 Å². The summed E-state index contributed by atoms with van der Waals surface area (Å²) < 4.78 is 25.6. The highest BCUT2D eigenvalue weighted by Gasteiger charge is 2.64. The van der Waals surface area contributed by atoms with Gasteiger partial charge in [-0.3, -0.25) is 19.8 Å². The number of ether oxygens (including phenoxy) is 2. The fourth-order valence-electron chi connectivity index (χ4n) is 4.69. The summed E-state index contributed by atoms with van der Waals surface area (Å²) in [5, 5.41) is 9.89. The summed E-state index contributed by atoms with van der Waals surface area (Å²) in [4.78, 5) is 28.9. The fraction of sp³-hybridized carbons (Fsp3) is 0.346. The molecule has 2 fully saturated rings. The second kappa shape index (κ2) is 8.68. The summed E-state index contributed by atoms with van der Waals surface area (Å²) in [5.74, 6) is -1.89. The van der Waals surface area contributed by atoms with Crippen LogP contribution in [-0.2, 0) is 27.4 Å². The molecule has 0 aliphatic heterocycles. The third-order valence-electron chi connectivity index (χ3n) is 6.81. The Morgan fingerprint density at radius 2 is 2.00 bits per heavy atom. The monoisotopic (exact) mass is 464 g/mol. The van der Waals surface area contributed by atoms with E-state index in [9.17, 15) is 14.0 Å². The van der Waals surface area contributed by atoms with Crippen LogP contribution in [0.3, 0.4) is 0 Å². The van der Waals surface area contributed by atoms with Gasteiger partial charge in [-0.05, 0) is 55.5 Å². The van der Waals surface area contributed by atoms with Gasteiger partial charge in [-0.2, -0.15) is 0 Å². The van der Waals surface area contributed by atoms with Crippen LogP contribution in [0.1, 0.15) is 42.0 Å². The summed E-state index contributed by atoms with van der Waals surface area (Å²) in [7, 11) is 1.24. The molecule has 2 N–H and O–H groups in total. The van der Waals surface area contributed by atoms with Crippen molar-refractivity contribution < 1.29 is 28.7 Å². The van der Waals surface area contributed by atoms with Crippen LogP contribution in [0.5, 0.6) is 5.75 Å². The number of carbonyl (C=O) groups is 2. The van der Waals surface area contributed by atoms with E-state index >= 15 is 0 Å². The van der Waals surface area contributed by atoms with E-state index < -0.39 is 29.0 Å². The van der Waals surface area contributed by atoms with Crippen molar-refractivity contribution in [2.24, 2.45) is 11.3 Å². The molecule has 0 unspecified atom stereocenters. The van der Waals surface area contributed by atoms with Gasteiger partial charge in [-0.25, -0.2) is 9.87 Å². The van der Waals surface area contributed by atoms with Gasteiger partial charge in [0.1, 0.15) is 6.61 Å². The molecule has 8 heteroatoms. The minimum atomic E-state index is -1.11. The number of nitrogens with zero attached hydrogens (tertiary/aromatic N) is 1. The number of hydrogen-bond acceptors (Lipinski definition) is 6.